The molecule has 2 rings (SSSR count). The Morgan fingerprint density at radius 1 is 1.15 bits per heavy atom. The number of aromatic nitrogens is 3. The maximum Gasteiger partial charge on any atom is 0.329 e. The standard InChI is InChI=1S/C14H16ClN3O2/c1-4-9(2)10-7-5-6-8-11(10)20-14-17-12(15)16-13(18-14)19-3/h5-9H,4H2,1-3H3. The van der Waals surface area contributed by atoms with E-state index >= 15 is 0 Å². The summed E-state index contributed by atoms with van der Waals surface area (Å²) >= 11 is 5.80. The van der Waals surface area contributed by atoms with Gasteiger partial charge in [0.1, 0.15) is 5.75 Å². The van der Waals surface area contributed by atoms with Gasteiger partial charge >= 0.3 is 12.0 Å². The van der Waals surface area contributed by atoms with Gasteiger partial charge in [-0.15, -0.1) is 4.98 Å². The van der Waals surface area contributed by atoms with E-state index in [0.29, 0.717) is 11.7 Å². The maximum absolute atomic E-state index is 5.80. The minimum absolute atomic E-state index is 0.0351. The second kappa shape index (κ2) is 6.52. The normalized spacial score (nSPS) is 12.0. The van der Waals surface area contributed by atoms with E-state index in [4.69, 9.17) is 21.1 Å². The highest BCUT2D eigenvalue weighted by Gasteiger charge is 2.13. The maximum atomic E-state index is 5.80. The molecule has 0 bridgehead atoms. The Balaban J connectivity index is 2.32. The first-order chi connectivity index (χ1) is 9.63. The first kappa shape index (κ1) is 14.5. The highest BCUT2D eigenvalue weighted by Crippen LogP contribution is 2.31. The Labute approximate surface area is 123 Å². The fourth-order valence-electron chi connectivity index (χ4n) is 1.75. The van der Waals surface area contributed by atoms with Gasteiger partial charge < -0.3 is 9.47 Å². The number of hydrogen-bond donors (Lipinski definition) is 0. The van der Waals surface area contributed by atoms with Crippen LogP contribution in [0.1, 0.15) is 31.7 Å². The molecule has 0 saturated heterocycles. The van der Waals surface area contributed by atoms with Crippen molar-refractivity contribution in [3.8, 4) is 17.8 Å². The fraction of sp³-hybridized carbons (Fsp3) is 0.357. The summed E-state index contributed by atoms with van der Waals surface area (Å²) < 4.78 is 10.7. The van der Waals surface area contributed by atoms with Crippen molar-refractivity contribution in [1.29, 1.82) is 0 Å². The zero-order valence-corrected chi connectivity index (χ0v) is 12.4. The number of halogens is 1. The van der Waals surface area contributed by atoms with Crippen LogP contribution in [0.5, 0.6) is 17.8 Å². The molecule has 0 fully saturated rings. The minimum atomic E-state index is 0.0351. The lowest BCUT2D eigenvalue weighted by atomic mass is 9.98. The van der Waals surface area contributed by atoms with E-state index in [1.54, 1.807) is 0 Å². The van der Waals surface area contributed by atoms with Crippen LogP contribution < -0.4 is 9.47 Å². The molecule has 5 nitrogen and oxygen atoms in total. The average molecular weight is 294 g/mol. The SMILES string of the molecule is CCC(C)c1ccccc1Oc1nc(Cl)nc(OC)n1. The van der Waals surface area contributed by atoms with Gasteiger partial charge in [0.05, 0.1) is 7.11 Å². The molecule has 106 valence electrons. The molecule has 1 aromatic carbocycles. The van der Waals surface area contributed by atoms with Crippen LogP contribution in [-0.2, 0) is 0 Å². The van der Waals surface area contributed by atoms with E-state index in [0.717, 1.165) is 12.0 Å². The zero-order chi connectivity index (χ0) is 14.5. The van der Waals surface area contributed by atoms with Crippen molar-refractivity contribution in [2.24, 2.45) is 0 Å². The summed E-state index contributed by atoms with van der Waals surface area (Å²) in [5.41, 5.74) is 1.10. The van der Waals surface area contributed by atoms with Gasteiger partial charge in [0.2, 0.25) is 5.28 Å². The van der Waals surface area contributed by atoms with Crippen LogP contribution in [0.2, 0.25) is 5.28 Å². The molecule has 0 aliphatic rings. The minimum Gasteiger partial charge on any atom is -0.467 e. The number of hydrogen-bond acceptors (Lipinski definition) is 5. The summed E-state index contributed by atoms with van der Waals surface area (Å²) in [6, 6.07) is 8.05. The number of para-hydroxylation sites is 1. The number of ether oxygens (including phenoxy) is 2. The Bertz CT molecular complexity index is 592. The molecule has 0 aliphatic heterocycles. The lowest BCUT2D eigenvalue weighted by molar-refractivity contribution is 0.357. The van der Waals surface area contributed by atoms with Gasteiger partial charge in [-0.1, -0.05) is 32.0 Å². The molecule has 0 saturated carbocycles. The molecule has 0 aliphatic carbocycles. The molecule has 0 spiro atoms. The van der Waals surface area contributed by atoms with Crippen LogP contribution in [0.3, 0.4) is 0 Å². The van der Waals surface area contributed by atoms with E-state index < -0.39 is 0 Å². The van der Waals surface area contributed by atoms with Crippen LogP contribution in [0, 0.1) is 0 Å². The first-order valence-electron chi connectivity index (χ1n) is 6.36. The topological polar surface area (TPSA) is 57.1 Å². The third-order valence-corrected chi connectivity index (χ3v) is 3.18. The van der Waals surface area contributed by atoms with Gasteiger partial charge in [-0.3, -0.25) is 0 Å². The van der Waals surface area contributed by atoms with E-state index in [9.17, 15) is 0 Å². The summed E-state index contributed by atoms with van der Waals surface area (Å²) in [5.74, 6) is 1.09. The summed E-state index contributed by atoms with van der Waals surface area (Å²) in [5, 5.41) is 0.0351. The Morgan fingerprint density at radius 3 is 2.55 bits per heavy atom. The van der Waals surface area contributed by atoms with Crippen molar-refractivity contribution in [2.75, 3.05) is 7.11 Å². The van der Waals surface area contributed by atoms with Crippen molar-refractivity contribution in [1.82, 2.24) is 15.0 Å². The highest BCUT2D eigenvalue weighted by molar-refractivity contribution is 6.28. The summed E-state index contributed by atoms with van der Waals surface area (Å²) in [6.07, 6.45) is 1.02. The van der Waals surface area contributed by atoms with Crippen LogP contribution in [0.15, 0.2) is 24.3 Å². The lowest BCUT2D eigenvalue weighted by Crippen LogP contribution is -2.01. The van der Waals surface area contributed by atoms with E-state index in [1.807, 2.05) is 24.3 Å². The zero-order valence-electron chi connectivity index (χ0n) is 11.6. The van der Waals surface area contributed by atoms with Crippen LogP contribution in [0.25, 0.3) is 0 Å². The third-order valence-electron chi connectivity index (χ3n) is 3.01. The number of nitrogens with zero attached hydrogens (tertiary/aromatic N) is 3. The molecular formula is C14H16ClN3O2. The molecule has 1 unspecified atom stereocenters. The monoisotopic (exact) mass is 293 g/mol. The van der Waals surface area contributed by atoms with Crippen LogP contribution in [0.4, 0.5) is 0 Å². The molecule has 0 radical (unpaired) electrons. The highest BCUT2D eigenvalue weighted by atomic mass is 35.5. The first-order valence-corrected chi connectivity index (χ1v) is 6.74. The average Bonchev–Trinajstić information content (AvgIpc) is 2.46. The molecule has 1 heterocycles. The molecule has 6 heteroatoms. The molecule has 0 amide bonds. The van der Waals surface area contributed by atoms with Crippen LogP contribution >= 0.6 is 11.6 Å². The Morgan fingerprint density at radius 2 is 1.85 bits per heavy atom. The smallest absolute Gasteiger partial charge is 0.329 e. The van der Waals surface area contributed by atoms with E-state index in [1.165, 1.54) is 7.11 Å². The van der Waals surface area contributed by atoms with Crippen molar-refractivity contribution in [3.05, 3.63) is 35.1 Å². The Hall–Kier alpha value is -1.88. The predicted octanol–water partition coefficient (Wildman–Crippen LogP) is 3.84. The van der Waals surface area contributed by atoms with E-state index in [-0.39, 0.29) is 17.3 Å². The predicted molar refractivity (Wildman–Crippen MR) is 76.6 cm³/mol. The van der Waals surface area contributed by atoms with Crippen molar-refractivity contribution >= 4 is 11.6 Å². The quantitative estimate of drug-likeness (QED) is 0.838. The largest absolute Gasteiger partial charge is 0.467 e. The Kier molecular flexibility index (Phi) is 4.74. The molecule has 20 heavy (non-hydrogen) atoms. The van der Waals surface area contributed by atoms with Gasteiger partial charge in [0.15, 0.2) is 0 Å². The van der Waals surface area contributed by atoms with Crippen molar-refractivity contribution in [2.45, 2.75) is 26.2 Å². The van der Waals surface area contributed by atoms with Crippen LogP contribution in [-0.4, -0.2) is 22.1 Å². The fourth-order valence-corrected chi connectivity index (χ4v) is 1.90. The molecule has 2 aromatic rings. The summed E-state index contributed by atoms with van der Waals surface area (Å²) in [7, 11) is 1.46. The van der Waals surface area contributed by atoms with E-state index in [2.05, 4.69) is 28.8 Å². The van der Waals surface area contributed by atoms with Gasteiger partial charge in [0.25, 0.3) is 0 Å². The number of rotatable bonds is 5. The summed E-state index contributed by atoms with van der Waals surface area (Å²) in [6.45, 7) is 4.27. The second-order valence-corrected chi connectivity index (χ2v) is 4.66. The molecule has 1 aromatic heterocycles. The van der Waals surface area contributed by atoms with Gasteiger partial charge in [-0.2, -0.15) is 9.97 Å². The molecule has 1 atom stereocenters. The van der Waals surface area contributed by atoms with Gasteiger partial charge in [0, 0.05) is 0 Å². The third kappa shape index (κ3) is 3.36. The number of methoxy groups -OCH3 is 1. The lowest BCUT2D eigenvalue weighted by Gasteiger charge is -2.14. The number of benzene rings is 1. The molecular weight excluding hydrogens is 278 g/mol. The van der Waals surface area contributed by atoms with Crippen molar-refractivity contribution < 1.29 is 9.47 Å². The van der Waals surface area contributed by atoms with Gasteiger partial charge in [-0.05, 0) is 35.6 Å². The van der Waals surface area contributed by atoms with Crippen molar-refractivity contribution in [3.63, 3.8) is 0 Å². The molecule has 0 N–H and O–H groups in total. The van der Waals surface area contributed by atoms with Gasteiger partial charge in [-0.25, -0.2) is 0 Å². The second-order valence-electron chi connectivity index (χ2n) is 4.32. The summed E-state index contributed by atoms with van der Waals surface area (Å²) in [4.78, 5) is 11.8.